The number of rotatable bonds is 2. The van der Waals surface area contributed by atoms with Gasteiger partial charge in [0.25, 0.3) is 0 Å². The first-order chi connectivity index (χ1) is 4.34. The summed E-state index contributed by atoms with van der Waals surface area (Å²) in [6, 6.07) is 0. The number of hydrogen-bond acceptors (Lipinski definition) is 2. The molecule has 4 heteroatoms. The second kappa shape index (κ2) is 2.59. The SMILES string of the molecule is OC(CF)c1cn[nH]c1. The number of hydrogen-bond donors (Lipinski definition) is 2. The Bertz CT molecular complexity index is 163. The first kappa shape index (κ1) is 6.22. The summed E-state index contributed by atoms with van der Waals surface area (Å²) < 4.78 is 11.7. The highest BCUT2D eigenvalue weighted by Crippen LogP contribution is 2.09. The lowest BCUT2D eigenvalue weighted by molar-refractivity contribution is 0.142. The summed E-state index contributed by atoms with van der Waals surface area (Å²) in [5.74, 6) is 0. The minimum atomic E-state index is -1.02. The van der Waals surface area contributed by atoms with Gasteiger partial charge in [-0.2, -0.15) is 5.10 Å². The van der Waals surface area contributed by atoms with Crippen LogP contribution < -0.4 is 0 Å². The molecule has 50 valence electrons. The second-order valence-corrected chi connectivity index (χ2v) is 1.70. The van der Waals surface area contributed by atoms with Gasteiger partial charge in [-0.05, 0) is 0 Å². The van der Waals surface area contributed by atoms with E-state index in [2.05, 4.69) is 10.2 Å². The highest BCUT2D eigenvalue weighted by Gasteiger charge is 2.05. The van der Waals surface area contributed by atoms with E-state index >= 15 is 0 Å². The van der Waals surface area contributed by atoms with E-state index in [1.54, 1.807) is 0 Å². The number of aromatic nitrogens is 2. The van der Waals surface area contributed by atoms with E-state index in [4.69, 9.17) is 5.11 Å². The quantitative estimate of drug-likeness (QED) is 0.609. The Hall–Kier alpha value is -0.900. The Morgan fingerprint density at radius 3 is 3.11 bits per heavy atom. The molecule has 0 aliphatic carbocycles. The summed E-state index contributed by atoms with van der Waals surface area (Å²) >= 11 is 0. The van der Waals surface area contributed by atoms with Crippen molar-refractivity contribution in [2.45, 2.75) is 6.10 Å². The van der Waals surface area contributed by atoms with Gasteiger partial charge in [-0.3, -0.25) is 5.10 Å². The van der Waals surface area contributed by atoms with Crippen LogP contribution in [0.1, 0.15) is 11.7 Å². The van der Waals surface area contributed by atoms with E-state index in [-0.39, 0.29) is 0 Å². The molecule has 0 spiro atoms. The molecule has 3 nitrogen and oxygen atoms in total. The van der Waals surface area contributed by atoms with Crippen LogP contribution in [0.15, 0.2) is 12.4 Å². The van der Waals surface area contributed by atoms with E-state index in [0.717, 1.165) is 0 Å². The van der Waals surface area contributed by atoms with Gasteiger partial charge in [-0.1, -0.05) is 0 Å². The molecule has 0 aliphatic heterocycles. The van der Waals surface area contributed by atoms with Crippen molar-refractivity contribution in [1.29, 1.82) is 0 Å². The highest BCUT2D eigenvalue weighted by molar-refractivity contribution is 5.06. The average molecular weight is 130 g/mol. The summed E-state index contributed by atoms with van der Waals surface area (Å²) in [6.45, 7) is -0.764. The fourth-order valence-corrected chi connectivity index (χ4v) is 0.532. The maximum absolute atomic E-state index is 11.7. The van der Waals surface area contributed by atoms with Gasteiger partial charge in [0.15, 0.2) is 0 Å². The Balaban J connectivity index is 2.65. The zero-order valence-corrected chi connectivity index (χ0v) is 4.71. The highest BCUT2D eigenvalue weighted by atomic mass is 19.1. The molecule has 1 aromatic heterocycles. The second-order valence-electron chi connectivity index (χ2n) is 1.70. The van der Waals surface area contributed by atoms with Gasteiger partial charge in [0.2, 0.25) is 0 Å². The minimum absolute atomic E-state index is 0.484. The lowest BCUT2D eigenvalue weighted by Crippen LogP contribution is -1.96. The molecule has 1 aromatic rings. The van der Waals surface area contributed by atoms with Crippen LogP contribution in [0.4, 0.5) is 4.39 Å². The Labute approximate surface area is 51.5 Å². The van der Waals surface area contributed by atoms with Crippen LogP contribution in [0.25, 0.3) is 0 Å². The van der Waals surface area contributed by atoms with Crippen molar-refractivity contribution in [3.63, 3.8) is 0 Å². The van der Waals surface area contributed by atoms with E-state index in [1.807, 2.05) is 0 Å². The molecule has 0 saturated heterocycles. The molecule has 1 heterocycles. The molecule has 1 atom stereocenters. The van der Waals surface area contributed by atoms with Crippen LogP contribution in [0.2, 0.25) is 0 Å². The summed E-state index contributed by atoms with van der Waals surface area (Å²) in [4.78, 5) is 0. The Morgan fingerprint density at radius 2 is 2.67 bits per heavy atom. The van der Waals surface area contributed by atoms with Gasteiger partial charge in [0.05, 0.1) is 6.20 Å². The fourth-order valence-electron chi connectivity index (χ4n) is 0.532. The largest absolute Gasteiger partial charge is 0.386 e. The lowest BCUT2D eigenvalue weighted by atomic mass is 10.2. The Kier molecular flexibility index (Phi) is 1.79. The fraction of sp³-hybridized carbons (Fsp3) is 0.400. The maximum Gasteiger partial charge on any atom is 0.120 e. The van der Waals surface area contributed by atoms with Crippen molar-refractivity contribution in [2.75, 3.05) is 6.67 Å². The lowest BCUT2D eigenvalue weighted by Gasteiger charge is -1.98. The van der Waals surface area contributed by atoms with Gasteiger partial charge in [-0.15, -0.1) is 0 Å². The Morgan fingerprint density at radius 1 is 1.89 bits per heavy atom. The zero-order valence-electron chi connectivity index (χ0n) is 4.71. The summed E-state index contributed by atoms with van der Waals surface area (Å²) in [6.07, 6.45) is 1.83. The summed E-state index contributed by atoms with van der Waals surface area (Å²) in [7, 11) is 0. The molecule has 1 unspecified atom stereocenters. The standard InChI is InChI=1S/C5H7FN2O/c6-1-5(9)4-2-7-8-3-4/h2-3,5,9H,1H2,(H,7,8). The number of aromatic amines is 1. The molecule has 0 amide bonds. The molecule has 0 fully saturated rings. The van der Waals surface area contributed by atoms with Gasteiger partial charge < -0.3 is 5.11 Å². The molecule has 0 saturated carbocycles. The molecule has 0 radical (unpaired) electrons. The molecular formula is C5H7FN2O. The first-order valence-electron chi connectivity index (χ1n) is 2.57. The smallest absolute Gasteiger partial charge is 0.120 e. The average Bonchev–Trinajstić information content (AvgIpc) is 2.37. The van der Waals surface area contributed by atoms with Crippen LogP contribution in [0.3, 0.4) is 0 Å². The predicted molar refractivity (Wildman–Crippen MR) is 29.5 cm³/mol. The van der Waals surface area contributed by atoms with Crippen LogP contribution in [0.5, 0.6) is 0 Å². The number of H-pyrrole nitrogens is 1. The molecule has 0 aromatic carbocycles. The molecule has 9 heavy (non-hydrogen) atoms. The first-order valence-corrected chi connectivity index (χ1v) is 2.57. The van der Waals surface area contributed by atoms with Crippen molar-refractivity contribution in [3.8, 4) is 0 Å². The number of aliphatic hydroxyl groups excluding tert-OH is 1. The number of aliphatic hydroxyl groups is 1. The number of nitrogens with one attached hydrogen (secondary N) is 1. The maximum atomic E-state index is 11.7. The van der Waals surface area contributed by atoms with Crippen molar-refractivity contribution < 1.29 is 9.50 Å². The summed E-state index contributed by atoms with van der Waals surface area (Å²) in [5.41, 5.74) is 0.484. The normalized spacial score (nSPS) is 13.6. The molecular weight excluding hydrogens is 123 g/mol. The predicted octanol–water partition coefficient (Wildman–Crippen LogP) is 0.413. The van der Waals surface area contributed by atoms with E-state index in [1.165, 1.54) is 12.4 Å². The third-order valence-electron chi connectivity index (χ3n) is 1.05. The third kappa shape index (κ3) is 1.26. The van der Waals surface area contributed by atoms with E-state index in [0.29, 0.717) is 5.56 Å². The van der Waals surface area contributed by atoms with E-state index < -0.39 is 12.8 Å². The zero-order chi connectivity index (χ0) is 6.69. The summed E-state index contributed by atoms with van der Waals surface area (Å²) in [5, 5.41) is 14.8. The number of alkyl halides is 1. The van der Waals surface area contributed by atoms with Crippen LogP contribution >= 0.6 is 0 Å². The monoisotopic (exact) mass is 130 g/mol. The van der Waals surface area contributed by atoms with Crippen molar-refractivity contribution in [1.82, 2.24) is 10.2 Å². The molecule has 0 bridgehead atoms. The van der Waals surface area contributed by atoms with E-state index in [9.17, 15) is 4.39 Å². The molecule has 0 aliphatic rings. The third-order valence-corrected chi connectivity index (χ3v) is 1.05. The van der Waals surface area contributed by atoms with Gasteiger partial charge in [-0.25, -0.2) is 4.39 Å². The topological polar surface area (TPSA) is 48.9 Å². The van der Waals surface area contributed by atoms with Crippen molar-refractivity contribution in [2.24, 2.45) is 0 Å². The van der Waals surface area contributed by atoms with Gasteiger partial charge in [0.1, 0.15) is 12.8 Å². The van der Waals surface area contributed by atoms with Gasteiger partial charge in [0, 0.05) is 11.8 Å². The van der Waals surface area contributed by atoms with Crippen LogP contribution in [-0.2, 0) is 0 Å². The van der Waals surface area contributed by atoms with Crippen LogP contribution in [-0.4, -0.2) is 22.0 Å². The van der Waals surface area contributed by atoms with Crippen molar-refractivity contribution in [3.05, 3.63) is 18.0 Å². The van der Waals surface area contributed by atoms with Gasteiger partial charge >= 0.3 is 0 Å². The molecule has 2 N–H and O–H groups in total. The number of halogens is 1. The minimum Gasteiger partial charge on any atom is -0.386 e. The number of nitrogens with zero attached hydrogens (tertiary/aromatic N) is 1. The van der Waals surface area contributed by atoms with Crippen LogP contribution in [0, 0.1) is 0 Å². The molecule has 1 rings (SSSR count). The van der Waals surface area contributed by atoms with Crippen molar-refractivity contribution >= 4 is 0 Å².